The largest absolute Gasteiger partial charge is 0.382 e. The lowest BCUT2D eigenvalue weighted by Crippen LogP contribution is -2.28. The van der Waals surface area contributed by atoms with Gasteiger partial charge in [-0.25, -0.2) is 4.79 Å². The van der Waals surface area contributed by atoms with Crippen LogP contribution in [0.5, 0.6) is 0 Å². The average Bonchev–Trinajstić information content (AvgIpc) is 3.15. The highest BCUT2D eigenvalue weighted by atomic mass is 16.2. The molecular weight excluding hydrogens is 250 g/mol. The maximum atomic E-state index is 11.7. The summed E-state index contributed by atoms with van der Waals surface area (Å²) in [4.78, 5) is 13.5. The molecule has 20 heavy (non-hydrogen) atoms. The number of urea groups is 1. The second-order valence-electron chi connectivity index (χ2n) is 6.36. The van der Waals surface area contributed by atoms with Crippen LogP contribution in [0.2, 0.25) is 0 Å². The van der Waals surface area contributed by atoms with E-state index in [-0.39, 0.29) is 6.03 Å². The first-order valence-corrected chi connectivity index (χ1v) is 7.71. The molecule has 4 heteroatoms. The van der Waals surface area contributed by atoms with Crippen LogP contribution in [-0.2, 0) is 0 Å². The molecule has 4 nitrogen and oxygen atoms in total. The number of hydrogen-bond acceptors (Lipinski definition) is 2. The molecule has 0 aromatic heterocycles. The van der Waals surface area contributed by atoms with E-state index in [4.69, 9.17) is 0 Å². The van der Waals surface area contributed by atoms with Crippen LogP contribution in [0.4, 0.5) is 16.2 Å². The SMILES string of the molecule is O=C1NCCN1c1cccc(NC2CC3CCC2C3)c1. The fourth-order valence-corrected chi connectivity index (χ4v) is 4.12. The van der Waals surface area contributed by atoms with Crippen LogP contribution in [-0.4, -0.2) is 25.2 Å². The topological polar surface area (TPSA) is 44.4 Å². The van der Waals surface area contributed by atoms with Gasteiger partial charge in [-0.05, 0) is 49.3 Å². The molecule has 0 radical (unpaired) electrons. The van der Waals surface area contributed by atoms with Crippen molar-refractivity contribution in [3.8, 4) is 0 Å². The Morgan fingerprint density at radius 2 is 2.20 bits per heavy atom. The lowest BCUT2D eigenvalue weighted by atomic mass is 9.95. The fourth-order valence-electron chi connectivity index (χ4n) is 4.12. The van der Waals surface area contributed by atoms with Crippen molar-refractivity contribution in [3.63, 3.8) is 0 Å². The second kappa shape index (κ2) is 4.69. The Morgan fingerprint density at radius 1 is 1.25 bits per heavy atom. The van der Waals surface area contributed by atoms with E-state index >= 15 is 0 Å². The summed E-state index contributed by atoms with van der Waals surface area (Å²) in [5.74, 6) is 1.81. The highest BCUT2D eigenvalue weighted by Gasteiger charge is 2.39. The van der Waals surface area contributed by atoms with E-state index in [0.29, 0.717) is 6.04 Å². The molecular formula is C16H21N3O. The fraction of sp³-hybridized carbons (Fsp3) is 0.562. The van der Waals surface area contributed by atoms with Crippen LogP contribution in [0.15, 0.2) is 24.3 Å². The first-order chi connectivity index (χ1) is 9.79. The Bertz CT molecular complexity index is 530. The van der Waals surface area contributed by atoms with E-state index in [9.17, 15) is 4.79 Å². The van der Waals surface area contributed by atoms with Crippen molar-refractivity contribution in [2.75, 3.05) is 23.3 Å². The van der Waals surface area contributed by atoms with Gasteiger partial charge >= 0.3 is 6.03 Å². The zero-order chi connectivity index (χ0) is 13.5. The van der Waals surface area contributed by atoms with Crippen molar-refractivity contribution >= 4 is 17.4 Å². The van der Waals surface area contributed by atoms with Crippen molar-refractivity contribution in [3.05, 3.63) is 24.3 Å². The number of rotatable bonds is 3. The van der Waals surface area contributed by atoms with Crippen LogP contribution in [0.3, 0.4) is 0 Å². The predicted molar refractivity (Wildman–Crippen MR) is 80.0 cm³/mol. The highest BCUT2D eigenvalue weighted by Crippen LogP contribution is 2.45. The molecule has 2 saturated carbocycles. The number of anilines is 2. The van der Waals surface area contributed by atoms with Crippen LogP contribution in [0.25, 0.3) is 0 Å². The minimum Gasteiger partial charge on any atom is -0.382 e. The molecule has 3 unspecified atom stereocenters. The second-order valence-corrected chi connectivity index (χ2v) is 6.36. The van der Waals surface area contributed by atoms with E-state index in [0.717, 1.165) is 36.3 Å². The van der Waals surface area contributed by atoms with Gasteiger partial charge in [0.15, 0.2) is 0 Å². The summed E-state index contributed by atoms with van der Waals surface area (Å²) in [6.45, 7) is 1.50. The predicted octanol–water partition coefficient (Wildman–Crippen LogP) is 2.82. The van der Waals surface area contributed by atoms with Crippen molar-refractivity contribution < 1.29 is 4.79 Å². The molecule has 1 aromatic carbocycles. The minimum atomic E-state index is 0.0158. The van der Waals surface area contributed by atoms with Gasteiger partial charge in [0.1, 0.15) is 0 Å². The maximum Gasteiger partial charge on any atom is 0.321 e. The Kier molecular flexibility index (Phi) is 2.83. The van der Waals surface area contributed by atoms with Gasteiger partial charge in [0.05, 0.1) is 0 Å². The lowest BCUT2D eigenvalue weighted by molar-refractivity contribution is 0.252. The molecule has 3 fully saturated rings. The molecule has 2 amide bonds. The van der Waals surface area contributed by atoms with E-state index in [1.54, 1.807) is 0 Å². The maximum absolute atomic E-state index is 11.7. The zero-order valence-electron chi connectivity index (χ0n) is 11.6. The summed E-state index contributed by atoms with van der Waals surface area (Å²) in [5, 5.41) is 6.54. The number of fused-ring (bicyclic) bond motifs is 2. The standard InChI is InChI=1S/C16H21N3O/c20-16-17-6-7-19(16)14-3-1-2-13(10-14)18-15-9-11-4-5-12(15)8-11/h1-3,10-12,15,18H,4-9H2,(H,17,20). The van der Waals surface area contributed by atoms with Crippen molar-refractivity contribution in [2.45, 2.75) is 31.7 Å². The normalized spacial score (nSPS) is 31.7. The van der Waals surface area contributed by atoms with E-state index in [1.165, 1.54) is 25.7 Å². The highest BCUT2D eigenvalue weighted by molar-refractivity contribution is 5.94. The van der Waals surface area contributed by atoms with Crippen LogP contribution in [0.1, 0.15) is 25.7 Å². The summed E-state index contributed by atoms with van der Waals surface area (Å²) >= 11 is 0. The Morgan fingerprint density at radius 3 is 2.90 bits per heavy atom. The number of nitrogens with zero attached hydrogens (tertiary/aromatic N) is 1. The van der Waals surface area contributed by atoms with Crippen LogP contribution in [0, 0.1) is 11.8 Å². The molecule has 106 valence electrons. The summed E-state index contributed by atoms with van der Waals surface area (Å²) in [7, 11) is 0. The number of hydrogen-bond donors (Lipinski definition) is 2. The summed E-state index contributed by atoms with van der Waals surface area (Å²) in [5.41, 5.74) is 2.15. The molecule has 2 bridgehead atoms. The Labute approximate surface area is 119 Å². The molecule has 1 aromatic rings. The molecule has 2 aliphatic carbocycles. The van der Waals surface area contributed by atoms with E-state index in [1.807, 2.05) is 17.0 Å². The molecule has 0 spiro atoms. The van der Waals surface area contributed by atoms with Gasteiger partial charge in [0.2, 0.25) is 0 Å². The first-order valence-electron chi connectivity index (χ1n) is 7.71. The monoisotopic (exact) mass is 271 g/mol. The molecule has 1 saturated heterocycles. The number of amides is 2. The molecule has 1 aliphatic heterocycles. The van der Waals surface area contributed by atoms with Crippen molar-refractivity contribution in [1.29, 1.82) is 0 Å². The van der Waals surface area contributed by atoms with E-state index in [2.05, 4.69) is 22.8 Å². The quantitative estimate of drug-likeness (QED) is 0.888. The van der Waals surface area contributed by atoms with Gasteiger partial charge in [0.25, 0.3) is 0 Å². The Hall–Kier alpha value is -1.71. The molecule has 2 N–H and O–H groups in total. The van der Waals surface area contributed by atoms with E-state index < -0.39 is 0 Å². The molecule has 4 rings (SSSR count). The van der Waals surface area contributed by atoms with Crippen molar-refractivity contribution in [2.24, 2.45) is 11.8 Å². The third-order valence-electron chi connectivity index (χ3n) is 5.10. The van der Waals surface area contributed by atoms with Gasteiger partial charge in [-0.2, -0.15) is 0 Å². The number of carbonyl (C=O) groups excluding carboxylic acids is 1. The van der Waals surface area contributed by atoms with Crippen LogP contribution >= 0.6 is 0 Å². The number of nitrogens with one attached hydrogen (secondary N) is 2. The molecule has 3 aliphatic rings. The smallest absolute Gasteiger partial charge is 0.321 e. The van der Waals surface area contributed by atoms with Crippen molar-refractivity contribution in [1.82, 2.24) is 5.32 Å². The first kappa shape index (κ1) is 12.1. The molecule has 3 atom stereocenters. The zero-order valence-corrected chi connectivity index (χ0v) is 11.6. The van der Waals surface area contributed by atoms with Crippen LogP contribution < -0.4 is 15.5 Å². The third-order valence-corrected chi connectivity index (χ3v) is 5.10. The van der Waals surface area contributed by atoms with Gasteiger partial charge in [-0.1, -0.05) is 12.5 Å². The summed E-state index contributed by atoms with van der Waals surface area (Å²) < 4.78 is 0. The average molecular weight is 271 g/mol. The summed E-state index contributed by atoms with van der Waals surface area (Å²) in [6.07, 6.45) is 5.54. The van der Waals surface area contributed by atoms with Gasteiger partial charge in [-0.15, -0.1) is 0 Å². The lowest BCUT2D eigenvalue weighted by Gasteiger charge is -2.25. The van der Waals surface area contributed by atoms with Gasteiger partial charge in [0, 0.05) is 30.5 Å². The number of carbonyl (C=O) groups is 1. The van der Waals surface area contributed by atoms with Gasteiger partial charge in [-0.3, -0.25) is 4.90 Å². The van der Waals surface area contributed by atoms with Gasteiger partial charge < -0.3 is 10.6 Å². The minimum absolute atomic E-state index is 0.0158. The number of benzene rings is 1. The molecule has 1 heterocycles. The Balaban J connectivity index is 1.50. The summed E-state index contributed by atoms with van der Waals surface area (Å²) in [6, 6.07) is 8.92. The third kappa shape index (κ3) is 2.03.